The van der Waals surface area contributed by atoms with Crippen LogP contribution in [-0.2, 0) is 4.79 Å². The monoisotopic (exact) mass is 278 g/mol. The van der Waals surface area contributed by atoms with Gasteiger partial charge in [-0.15, -0.1) is 0 Å². The average Bonchev–Trinajstić information content (AvgIpc) is 2.39. The van der Waals surface area contributed by atoms with Crippen molar-refractivity contribution >= 4 is 11.9 Å². The molecular weight excluding hydrogens is 256 g/mol. The van der Waals surface area contributed by atoms with Gasteiger partial charge in [-0.05, 0) is 44.4 Å². The highest BCUT2D eigenvalue weighted by molar-refractivity contribution is 5.88. The molecule has 0 aliphatic carbocycles. The summed E-state index contributed by atoms with van der Waals surface area (Å²) in [5.41, 5.74) is -0.496. The highest BCUT2D eigenvalue weighted by Gasteiger charge is 2.35. The minimum absolute atomic E-state index is 0.106. The molecule has 0 bridgehead atoms. The summed E-state index contributed by atoms with van der Waals surface area (Å²) in [5, 5.41) is 8.92. The summed E-state index contributed by atoms with van der Waals surface area (Å²) in [6.07, 6.45) is 1.95. The molecule has 0 fully saturated rings. The molecule has 4 nitrogen and oxygen atoms in total. The first-order chi connectivity index (χ1) is 9.28. The molecule has 0 saturated heterocycles. The summed E-state index contributed by atoms with van der Waals surface area (Å²) in [4.78, 5) is 23.2. The highest BCUT2D eigenvalue weighted by Crippen LogP contribution is 2.32. The Kier molecular flexibility index (Phi) is 5.31. The van der Waals surface area contributed by atoms with Gasteiger partial charge in [0.05, 0.1) is 11.0 Å². The quantitative estimate of drug-likeness (QED) is 0.635. The summed E-state index contributed by atoms with van der Waals surface area (Å²) in [7, 11) is 0. The predicted octanol–water partition coefficient (Wildman–Crippen LogP) is 3.75. The highest BCUT2D eigenvalue weighted by atomic mass is 16.5. The first-order valence-corrected chi connectivity index (χ1v) is 6.84. The molecule has 0 spiro atoms. The van der Waals surface area contributed by atoms with E-state index in [1.165, 1.54) is 12.1 Å². The van der Waals surface area contributed by atoms with E-state index in [9.17, 15) is 9.59 Å². The van der Waals surface area contributed by atoms with E-state index in [-0.39, 0.29) is 23.2 Å². The summed E-state index contributed by atoms with van der Waals surface area (Å²) in [5.74, 6) is -0.906. The Hall–Kier alpha value is -1.84. The zero-order valence-corrected chi connectivity index (χ0v) is 12.5. The molecule has 0 aliphatic rings. The molecule has 0 aromatic heterocycles. The van der Waals surface area contributed by atoms with E-state index >= 15 is 0 Å². The molecule has 1 N–H and O–H groups in total. The molecule has 0 amide bonds. The predicted molar refractivity (Wildman–Crippen MR) is 76.9 cm³/mol. The minimum Gasteiger partial charge on any atom is -0.478 e. The number of hydrogen-bond donors (Lipinski definition) is 1. The summed E-state index contributed by atoms with van der Waals surface area (Å²) >= 11 is 0. The Balaban J connectivity index is 2.84. The van der Waals surface area contributed by atoms with Crippen molar-refractivity contribution in [2.45, 2.75) is 40.5 Å². The van der Waals surface area contributed by atoms with Gasteiger partial charge in [-0.2, -0.15) is 0 Å². The van der Waals surface area contributed by atoms with Crippen LogP contribution in [0.5, 0.6) is 5.75 Å². The van der Waals surface area contributed by atoms with E-state index in [4.69, 9.17) is 9.84 Å². The van der Waals surface area contributed by atoms with Gasteiger partial charge in [0.1, 0.15) is 5.75 Å². The Morgan fingerprint density at radius 1 is 1.35 bits per heavy atom. The zero-order valence-electron chi connectivity index (χ0n) is 12.5. The molecule has 1 unspecified atom stereocenters. The van der Waals surface area contributed by atoms with Gasteiger partial charge in [-0.25, -0.2) is 4.79 Å². The van der Waals surface area contributed by atoms with Crippen LogP contribution in [0.4, 0.5) is 0 Å². The van der Waals surface area contributed by atoms with Crippen LogP contribution in [0.25, 0.3) is 0 Å². The first-order valence-electron chi connectivity index (χ1n) is 6.84. The lowest BCUT2D eigenvalue weighted by atomic mass is 9.78. The van der Waals surface area contributed by atoms with Crippen LogP contribution >= 0.6 is 0 Å². The molecule has 0 radical (unpaired) electrons. The number of esters is 1. The Bertz CT molecular complexity index is 491. The van der Waals surface area contributed by atoms with Crippen LogP contribution in [-0.4, -0.2) is 17.0 Å². The van der Waals surface area contributed by atoms with Crippen LogP contribution in [0.3, 0.4) is 0 Å². The lowest BCUT2D eigenvalue weighted by Crippen LogP contribution is -2.35. The maximum Gasteiger partial charge on any atom is 0.335 e. The lowest BCUT2D eigenvalue weighted by molar-refractivity contribution is -0.146. The molecule has 1 aromatic carbocycles. The van der Waals surface area contributed by atoms with Crippen molar-refractivity contribution in [3.63, 3.8) is 0 Å². The molecule has 20 heavy (non-hydrogen) atoms. The number of carbonyl (C=O) groups is 2. The second kappa shape index (κ2) is 6.55. The molecule has 1 rings (SSSR count). The van der Waals surface area contributed by atoms with Gasteiger partial charge in [0.2, 0.25) is 0 Å². The fraction of sp³-hybridized carbons (Fsp3) is 0.500. The number of benzene rings is 1. The molecule has 1 atom stereocenters. The van der Waals surface area contributed by atoms with Gasteiger partial charge >= 0.3 is 11.9 Å². The smallest absolute Gasteiger partial charge is 0.335 e. The maximum atomic E-state index is 12.3. The third kappa shape index (κ3) is 3.83. The number of carboxylic acid groups (broad SMARTS) is 1. The van der Waals surface area contributed by atoms with Gasteiger partial charge in [-0.1, -0.05) is 26.3 Å². The number of ether oxygens (including phenoxy) is 1. The molecular formula is C16H22O4. The fourth-order valence-electron chi connectivity index (χ4n) is 1.93. The van der Waals surface area contributed by atoms with E-state index in [1.54, 1.807) is 12.1 Å². The van der Waals surface area contributed by atoms with E-state index < -0.39 is 11.4 Å². The minimum atomic E-state index is -1.04. The first kappa shape index (κ1) is 16.2. The SMILES string of the molecule is CCCC(C)C(C)(C)C(=O)Oc1cccc(C(=O)O)c1. The third-order valence-corrected chi connectivity index (χ3v) is 3.77. The third-order valence-electron chi connectivity index (χ3n) is 3.77. The van der Waals surface area contributed by atoms with Gasteiger partial charge in [0, 0.05) is 0 Å². The zero-order chi connectivity index (χ0) is 15.3. The largest absolute Gasteiger partial charge is 0.478 e. The van der Waals surface area contributed by atoms with Gasteiger partial charge < -0.3 is 9.84 Å². The van der Waals surface area contributed by atoms with Crippen molar-refractivity contribution in [1.29, 1.82) is 0 Å². The van der Waals surface area contributed by atoms with Crippen molar-refractivity contribution in [1.82, 2.24) is 0 Å². The molecule has 4 heteroatoms. The lowest BCUT2D eigenvalue weighted by Gasteiger charge is -2.29. The Morgan fingerprint density at radius 3 is 2.55 bits per heavy atom. The van der Waals surface area contributed by atoms with Crippen LogP contribution < -0.4 is 4.74 Å². The van der Waals surface area contributed by atoms with Crippen molar-refractivity contribution in [2.24, 2.45) is 11.3 Å². The number of aromatic carboxylic acids is 1. The second-order valence-electron chi connectivity index (χ2n) is 5.63. The maximum absolute atomic E-state index is 12.3. The van der Waals surface area contributed by atoms with Crippen molar-refractivity contribution in [2.75, 3.05) is 0 Å². The van der Waals surface area contributed by atoms with Crippen LogP contribution in [0, 0.1) is 11.3 Å². The Labute approximate surface area is 119 Å². The number of carboxylic acids is 1. The Morgan fingerprint density at radius 2 is 2.00 bits per heavy atom. The molecule has 0 aliphatic heterocycles. The van der Waals surface area contributed by atoms with Crippen LogP contribution in [0.2, 0.25) is 0 Å². The number of rotatable bonds is 6. The molecule has 0 heterocycles. The molecule has 110 valence electrons. The summed E-state index contributed by atoms with van der Waals surface area (Å²) in [6, 6.07) is 5.98. The van der Waals surface area contributed by atoms with Crippen molar-refractivity contribution < 1.29 is 19.4 Å². The topological polar surface area (TPSA) is 63.6 Å². The molecule has 0 saturated carbocycles. The van der Waals surface area contributed by atoms with E-state index in [0.29, 0.717) is 0 Å². The normalized spacial score (nSPS) is 12.8. The van der Waals surface area contributed by atoms with E-state index in [0.717, 1.165) is 12.8 Å². The van der Waals surface area contributed by atoms with E-state index in [1.807, 2.05) is 20.8 Å². The second-order valence-corrected chi connectivity index (χ2v) is 5.63. The molecule has 1 aromatic rings. The standard InChI is InChI=1S/C16H22O4/c1-5-7-11(2)16(3,4)15(19)20-13-9-6-8-12(10-13)14(17)18/h6,8-11H,5,7H2,1-4H3,(H,17,18). The number of hydrogen-bond acceptors (Lipinski definition) is 3. The van der Waals surface area contributed by atoms with Crippen LogP contribution in [0.15, 0.2) is 24.3 Å². The average molecular weight is 278 g/mol. The van der Waals surface area contributed by atoms with Crippen molar-refractivity contribution in [3.05, 3.63) is 29.8 Å². The summed E-state index contributed by atoms with van der Waals surface area (Å²) < 4.78 is 5.34. The van der Waals surface area contributed by atoms with Gasteiger partial charge in [0.15, 0.2) is 0 Å². The van der Waals surface area contributed by atoms with Gasteiger partial charge in [0.25, 0.3) is 0 Å². The van der Waals surface area contributed by atoms with Gasteiger partial charge in [-0.3, -0.25) is 4.79 Å². The fourth-order valence-corrected chi connectivity index (χ4v) is 1.93. The van der Waals surface area contributed by atoms with E-state index in [2.05, 4.69) is 6.92 Å². The number of carbonyl (C=O) groups excluding carboxylic acids is 1. The van der Waals surface area contributed by atoms with Crippen LogP contribution in [0.1, 0.15) is 50.9 Å². The van der Waals surface area contributed by atoms with Crippen molar-refractivity contribution in [3.8, 4) is 5.75 Å². The summed E-state index contributed by atoms with van der Waals surface area (Å²) in [6.45, 7) is 7.82.